The normalized spacial score (nSPS) is 22.8. The van der Waals surface area contributed by atoms with Crippen LogP contribution in [-0.2, 0) is 16.0 Å². The highest BCUT2D eigenvalue weighted by Gasteiger charge is 2.54. The molecular formula is C24H32BN3O5. The molecule has 1 aliphatic carbocycles. The van der Waals surface area contributed by atoms with Crippen LogP contribution in [0.15, 0.2) is 35.9 Å². The van der Waals surface area contributed by atoms with Crippen LogP contribution in [0.25, 0.3) is 0 Å². The Morgan fingerprint density at radius 3 is 2.58 bits per heavy atom. The van der Waals surface area contributed by atoms with Crippen molar-refractivity contribution < 1.29 is 24.4 Å². The summed E-state index contributed by atoms with van der Waals surface area (Å²) in [5, 5.41) is 31.4. The van der Waals surface area contributed by atoms with E-state index in [9.17, 15) is 24.9 Å². The number of hydrogen-bond donors (Lipinski definition) is 3. The van der Waals surface area contributed by atoms with Gasteiger partial charge in [-0.3, -0.25) is 4.79 Å². The van der Waals surface area contributed by atoms with Crippen molar-refractivity contribution in [2.24, 2.45) is 17.3 Å². The molecule has 1 aromatic rings. The van der Waals surface area contributed by atoms with Crippen LogP contribution in [0.1, 0.15) is 38.3 Å². The monoisotopic (exact) mass is 453 g/mol. The minimum absolute atomic E-state index is 0.00819. The Hall–Kier alpha value is -2.83. The molecule has 1 aromatic carbocycles. The summed E-state index contributed by atoms with van der Waals surface area (Å²) in [6, 6.07) is 9.27. The third-order valence-corrected chi connectivity index (χ3v) is 6.12. The molecule has 1 saturated heterocycles. The van der Waals surface area contributed by atoms with E-state index in [-0.39, 0.29) is 41.9 Å². The number of alkyl carbamates (subject to hydrolysis) is 1. The van der Waals surface area contributed by atoms with Gasteiger partial charge in [-0.2, -0.15) is 5.26 Å². The number of allylic oxidation sites excluding steroid dienone is 1. The van der Waals surface area contributed by atoms with Crippen LogP contribution in [0.3, 0.4) is 0 Å². The van der Waals surface area contributed by atoms with Gasteiger partial charge in [-0.15, -0.1) is 0 Å². The average molecular weight is 453 g/mol. The number of hydrogen-bond acceptors (Lipinski definition) is 6. The molecule has 4 atom stereocenters. The Kier molecular flexibility index (Phi) is 7.50. The summed E-state index contributed by atoms with van der Waals surface area (Å²) >= 11 is 0. The standard InChI is InChI=1S/C24H32BN3O5/c1-15-5-7-16(8-6-15)9-21(25(31)32)27-23(30)33-14-20-19-10-17(19)13-28(20)22(29)18(12-26)11-24(2,3)4/h5-8,11,17,19-21,31-32H,9-10,13-14H2,1-4H3,(H,27,30)/b18-11+/t17-,19-,20-,21-/m0/s1. The van der Waals surface area contributed by atoms with Crippen molar-refractivity contribution >= 4 is 19.1 Å². The third-order valence-electron chi connectivity index (χ3n) is 6.12. The first-order chi connectivity index (χ1) is 15.5. The molecule has 176 valence electrons. The zero-order valence-electron chi connectivity index (χ0n) is 19.6. The molecule has 1 aliphatic heterocycles. The van der Waals surface area contributed by atoms with E-state index < -0.39 is 19.2 Å². The van der Waals surface area contributed by atoms with Crippen molar-refractivity contribution in [1.29, 1.82) is 5.26 Å². The lowest BCUT2D eigenvalue weighted by Crippen LogP contribution is -2.49. The number of ether oxygens (including phenoxy) is 1. The minimum atomic E-state index is -1.75. The Bertz CT molecular complexity index is 948. The lowest BCUT2D eigenvalue weighted by Gasteiger charge is -2.28. The first kappa shape index (κ1) is 24.8. The second-order valence-corrected chi connectivity index (χ2v) is 10.2. The zero-order chi connectivity index (χ0) is 24.3. The number of carbonyl (C=O) groups excluding carboxylic acids is 2. The molecule has 3 rings (SSSR count). The number of carbonyl (C=O) groups is 2. The molecule has 0 bridgehead atoms. The summed E-state index contributed by atoms with van der Waals surface area (Å²) in [5.41, 5.74) is 1.72. The fraction of sp³-hybridized carbons (Fsp3) is 0.542. The fourth-order valence-corrected chi connectivity index (χ4v) is 4.31. The van der Waals surface area contributed by atoms with E-state index in [1.807, 2.05) is 58.0 Å². The zero-order valence-corrected chi connectivity index (χ0v) is 19.6. The lowest BCUT2D eigenvalue weighted by atomic mass is 9.76. The Morgan fingerprint density at radius 2 is 2.00 bits per heavy atom. The SMILES string of the molecule is Cc1ccc(C[C@H](NC(=O)OC[C@H]2[C@H]3C[C@H]3CN2C(=O)/C(C#N)=C/C(C)(C)C)B(O)O)cc1. The van der Waals surface area contributed by atoms with Gasteiger partial charge >= 0.3 is 13.2 Å². The fourth-order valence-electron chi connectivity index (χ4n) is 4.31. The summed E-state index contributed by atoms with van der Waals surface area (Å²) in [6.45, 7) is 8.27. The first-order valence-electron chi connectivity index (χ1n) is 11.3. The molecule has 1 saturated carbocycles. The maximum atomic E-state index is 13.0. The topological polar surface area (TPSA) is 123 Å². The quantitative estimate of drug-likeness (QED) is 0.330. The van der Waals surface area contributed by atoms with E-state index in [0.717, 1.165) is 17.5 Å². The number of likely N-dealkylation sites (tertiary alicyclic amines) is 1. The van der Waals surface area contributed by atoms with Gasteiger partial charge in [0.15, 0.2) is 0 Å². The number of nitriles is 1. The summed E-state index contributed by atoms with van der Waals surface area (Å²) in [5.74, 6) is -0.649. The number of nitrogens with zero attached hydrogens (tertiary/aromatic N) is 2. The van der Waals surface area contributed by atoms with E-state index in [0.29, 0.717) is 12.5 Å². The molecule has 1 heterocycles. The van der Waals surface area contributed by atoms with Crippen LogP contribution in [0.2, 0.25) is 0 Å². The van der Waals surface area contributed by atoms with Gasteiger partial charge in [0.2, 0.25) is 0 Å². The molecule has 0 aromatic heterocycles. The van der Waals surface area contributed by atoms with Crippen LogP contribution in [-0.4, -0.2) is 59.2 Å². The van der Waals surface area contributed by atoms with Crippen molar-refractivity contribution in [3.8, 4) is 6.07 Å². The van der Waals surface area contributed by atoms with Gasteiger partial charge in [-0.25, -0.2) is 4.79 Å². The average Bonchev–Trinajstić information content (AvgIpc) is 3.42. The van der Waals surface area contributed by atoms with Crippen LogP contribution in [0.4, 0.5) is 4.79 Å². The molecule has 33 heavy (non-hydrogen) atoms. The van der Waals surface area contributed by atoms with Crippen molar-refractivity contribution in [3.63, 3.8) is 0 Å². The van der Waals surface area contributed by atoms with E-state index in [2.05, 4.69) is 5.32 Å². The van der Waals surface area contributed by atoms with Crippen molar-refractivity contribution in [2.45, 2.75) is 52.5 Å². The molecule has 9 heteroatoms. The summed E-state index contributed by atoms with van der Waals surface area (Å²) < 4.78 is 5.39. The number of fused-ring (bicyclic) bond motifs is 1. The molecule has 0 spiro atoms. The Labute approximate surface area is 195 Å². The van der Waals surface area contributed by atoms with Crippen LogP contribution in [0.5, 0.6) is 0 Å². The van der Waals surface area contributed by atoms with Gasteiger partial charge < -0.3 is 25.0 Å². The highest BCUT2D eigenvalue weighted by atomic mass is 16.5. The molecule has 0 unspecified atom stereocenters. The highest BCUT2D eigenvalue weighted by Crippen LogP contribution is 2.50. The highest BCUT2D eigenvalue weighted by molar-refractivity contribution is 6.43. The van der Waals surface area contributed by atoms with Gasteiger partial charge in [0.05, 0.1) is 12.0 Å². The molecule has 8 nitrogen and oxygen atoms in total. The molecule has 3 N–H and O–H groups in total. The van der Waals surface area contributed by atoms with Crippen LogP contribution >= 0.6 is 0 Å². The van der Waals surface area contributed by atoms with Crippen molar-refractivity contribution in [1.82, 2.24) is 10.2 Å². The summed E-state index contributed by atoms with van der Waals surface area (Å²) in [4.78, 5) is 27.0. The number of amides is 2. The molecule has 2 amide bonds. The van der Waals surface area contributed by atoms with Gasteiger partial charge in [-0.05, 0) is 42.6 Å². The van der Waals surface area contributed by atoms with Gasteiger partial charge in [0.1, 0.15) is 18.2 Å². The second-order valence-electron chi connectivity index (χ2n) is 10.2. The third kappa shape index (κ3) is 6.59. The Morgan fingerprint density at radius 1 is 1.33 bits per heavy atom. The summed E-state index contributed by atoms with van der Waals surface area (Å²) in [6.07, 6.45) is 2.09. The minimum Gasteiger partial charge on any atom is -0.447 e. The van der Waals surface area contributed by atoms with E-state index in [1.165, 1.54) is 0 Å². The van der Waals surface area contributed by atoms with E-state index >= 15 is 0 Å². The van der Waals surface area contributed by atoms with Crippen LogP contribution in [0, 0.1) is 35.5 Å². The summed E-state index contributed by atoms with van der Waals surface area (Å²) in [7, 11) is -1.75. The second kappa shape index (κ2) is 9.98. The van der Waals surface area contributed by atoms with Crippen molar-refractivity contribution in [3.05, 3.63) is 47.0 Å². The van der Waals surface area contributed by atoms with E-state index in [1.54, 1.807) is 11.0 Å². The van der Waals surface area contributed by atoms with Crippen molar-refractivity contribution in [2.75, 3.05) is 13.2 Å². The number of rotatable bonds is 7. The first-order valence-corrected chi connectivity index (χ1v) is 11.3. The molecular weight excluding hydrogens is 421 g/mol. The van der Waals surface area contributed by atoms with Gasteiger partial charge in [0.25, 0.3) is 5.91 Å². The van der Waals surface area contributed by atoms with Gasteiger partial charge in [0, 0.05) is 6.54 Å². The van der Waals surface area contributed by atoms with Crippen LogP contribution < -0.4 is 5.32 Å². The number of aryl methyl sites for hydroxylation is 1. The smallest absolute Gasteiger partial charge is 0.447 e. The predicted molar refractivity (Wildman–Crippen MR) is 124 cm³/mol. The van der Waals surface area contributed by atoms with E-state index in [4.69, 9.17) is 4.74 Å². The maximum absolute atomic E-state index is 13.0. The molecule has 2 aliphatic rings. The molecule has 2 fully saturated rings. The van der Waals surface area contributed by atoms with Gasteiger partial charge in [-0.1, -0.05) is 56.7 Å². The maximum Gasteiger partial charge on any atom is 0.475 e. The number of piperidine rings is 1. The lowest BCUT2D eigenvalue weighted by molar-refractivity contribution is -0.129. The number of nitrogens with one attached hydrogen (secondary N) is 1. The predicted octanol–water partition coefficient (Wildman–Crippen LogP) is 1.99. The number of benzene rings is 1. The molecule has 0 radical (unpaired) electrons. The Balaban J connectivity index is 1.59. The largest absolute Gasteiger partial charge is 0.475 e.